The summed E-state index contributed by atoms with van der Waals surface area (Å²) in [6.07, 6.45) is 0. The number of amides is 1. The molecule has 102 valence electrons. The Labute approximate surface area is 122 Å². The number of nitrogens with two attached hydrogens (primary N) is 1. The van der Waals surface area contributed by atoms with Crippen LogP contribution in [0.3, 0.4) is 0 Å². The van der Waals surface area contributed by atoms with E-state index in [0.717, 1.165) is 0 Å². The largest absolute Gasteiger partial charge is 0.375 e. The fraction of sp³-hybridized carbons (Fsp3) is 0. The lowest BCUT2D eigenvalue weighted by atomic mass is 10.2. The summed E-state index contributed by atoms with van der Waals surface area (Å²) in [5.41, 5.74) is 11.9. The van der Waals surface area contributed by atoms with Crippen molar-refractivity contribution in [1.29, 1.82) is 0 Å². The molecule has 20 heavy (non-hydrogen) atoms. The van der Waals surface area contributed by atoms with Gasteiger partial charge in [0.1, 0.15) is 0 Å². The Bertz CT molecular complexity index is 589. The van der Waals surface area contributed by atoms with Crippen molar-refractivity contribution in [2.24, 2.45) is 5.73 Å². The molecule has 5 nitrogen and oxygen atoms in total. The summed E-state index contributed by atoms with van der Waals surface area (Å²) in [5, 5.41) is 1.39. The first-order chi connectivity index (χ1) is 9.68. The van der Waals surface area contributed by atoms with Crippen LogP contribution in [-0.4, -0.2) is 11.0 Å². The number of hydrogen-bond donors (Lipinski definition) is 3. The minimum atomic E-state index is -0.222. The Balaban J connectivity index is 2.27. The van der Waals surface area contributed by atoms with Crippen molar-refractivity contribution in [2.45, 2.75) is 0 Å². The van der Waals surface area contributed by atoms with Gasteiger partial charge in [-0.25, -0.2) is 5.01 Å². The molecule has 0 saturated heterocycles. The summed E-state index contributed by atoms with van der Waals surface area (Å²) in [7, 11) is 0. The maximum Gasteiger partial charge on any atom is 0.274 e. The van der Waals surface area contributed by atoms with Crippen LogP contribution in [-0.2, 0) is 0 Å². The third-order valence-corrected chi connectivity index (χ3v) is 2.63. The molecule has 0 aliphatic rings. The summed E-state index contributed by atoms with van der Waals surface area (Å²) < 4.78 is 0. The van der Waals surface area contributed by atoms with Gasteiger partial charge in [0.05, 0.1) is 5.69 Å². The van der Waals surface area contributed by atoms with Crippen LogP contribution >= 0.6 is 12.2 Å². The molecule has 0 spiro atoms. The molecule has 0 aliphatic heterocycles. The molecule has 0 radical (unpaired) electrons. The Morgan fingerprint density at radius 1 is 1.00 bits per heavy atom. The van der Waals surface area contributed by atoms with Gasteiger partial charge in [-0.3, -0.25) is 10.2 Å². The van der Waals surface area contributed by atoms with Gasteiger partial charge in [0, 0.05) is 5.56 Å². The van der Waals surface area contributed by atoms with E-state index in [0.29, 0.717) is 11.3 Å². The fourth-order valence-corrected chi connectivity index (χ4v) is 1.68. The van der Waals surface area contributed by atoms with Gasteiger partial charge in [0.2, 0.25) is 0 Å². The highest BCUT2D eigenvalue weighted by atomic mass is 32.1. The summed E-state index contributed by atoms with van der Waals surface area (Å²) in [6, 6.07) is 18.1. The van der Waals surface area contributed by atoms with Crippen LogP contribution in [0.5, 0.6) is 0 Å². The quantitative estimate of drug-likeness (QED) is 0.588. The zero-order chi connectivity index (χ0) is 14.4. The number of rotatable bonds is 4. The molecule has 0 heterocycles. The van der Waals surface area contributed by atoms with Crippen LogP contribution in [0.15, 0.2) is 60.7 Å². The van der Waals surface area contributed by atoms with Crippen molar-refractivity contribution in [3.8, 4) is 0 Å². The number of hydrogen-bond acceptors (Lipinski definition) is 3. The first-order valence-electron chi connectivity index (χ1n) is 5.94. The first kappa shape index (κ1) is 14.0. The van der Waals surface area contributed by atoms with E-state index in [9.17, 15) is 4.79 Å². The number of nitrogens with zero attached hydrogens (tertiary/aromatic N) is 1. The average Bonchev–Trinajstić information content (AvgIpc) is 2.49. The molecule has 0 fully saturated rings. The Morgan fingerprint density at radius 3 is 2.10 bits per heavy atom. The van der Waals surface area contributed by atoms with E-state index in [1.807, 2.05) is 24.3 Å². The van der Waals surface area contributed by atoms with Gasteiger partial charge in [-0.1, -0.05) is 36.4 Å². The summed E-state index contributed by atoms with van der Waals surface area (Å²) in [6.45, 7) is 0. The van der Waals surface area contributed by atoms with Crippen molar-refractivity contribution in [2.75, 3.05) is 5.01 Å². The lowest BCUT2D eigenvalue weighted by Gasteiger charge is -2.23. The van der Waals surface area contributed by atoms with Gasteiger partial charge >= 0.3 is 0 Å². The van der Waals surface area contributed by atoms with Gasteiger partial charge in [0.15, 0.2) is 5.11 Å². The predicted octanol–water partition coefficient (Wildman–Crippen LogP) is 1.59. The standard InChI is InChI=1S/C14H14N4OS/c15-14(20)16-17-18(12-9-5-2-6-10-12)13(19)11-7-3-1-4-8-11/h1-10,17H,(H3,15,16,20). The first-order valence-corrected chi connectivity index (χ1v) is 6.35. The number of para-hydroxylation sites is 1. The topological polar surface area (TPSA) is 70.4 Å². The lowest BCUT2D eigenvalue weighted by molar-refractivity contribution is 0.0971. The number of benzene rings is 2. The molecule has 1 amide bonds. The average molecular weight is 286 g/mol. The van der Waals surface area contributed by atoms with Gasteiger partial charge in [-0.15, -0.1) is 5.53 Å². The summed E-state index contributed by atoms with van der Waals surface area (Å²) in [4.78, 5) is 12.5. The molecule has 0 bridgehead atoms. The van der Waals surface area contributed by atoms with E-state index in [2.05, 4.69) is 11.0 Å². The highest BCUT2D eigenvalue weighted by Gasteiger charge is 2.17. The second-order valence-corrected chi connectivity index (χ2v) is 4.38. The molecule has 4 N–H and O–H groups in total. The molecule has 0 unspecified atom stereocenters. The second kappa shape index (κ2) is 6.65. The Kier molecular flexibility index (Phi) is 4.65. The van der Waals surface area contributed by atoms with Crippen molar-refractivity contribution in [3.63, 3.8) is 0 Å². The summed E-state index contributed by atoms with van der Waals surface area (Å²) >= 11 is 4.73. The number of thiocarbonyl (C=S) groups is 1. The van der Waals surface area contributed by atoms with Gasteiger partial charge in [-0.2, -0.15) is 0 Å². The van der Waals surface area contributed by atoms with Crippen molar-refractivity contribution < 1.29 is 4.79 Å². The smallest absolute Gasteiger partial charge is 0.274 e. The third-order valence-electron chi connectivity index (χ3n) is 2.53. The maximum absolute atomic E-state index is 12.5. The van der Waals surface area contributed by atoms with Crippen LogP contribution in [0.1, 0.15) is 10.4 Å². The lowest BCUT2D eigenvalue weighted by Crippen LogP contribution is -2.54. The number of anilines is 1. The highest BCUT2D eigenvalue weighted by molar-refractivity contribution is 7.80. The Hall–Kier alpha value is -2.44. The number of carbonyl (C=O) groups is 1. The molecule has 2 aromatic rings. The monoisotopic (exact) mass is 286 g/mol. The third kappa shape index (κ3) is 3.53. The van der Waals surface area contributed by atoms with Gasteiger partial charge in [-0.05, 0) is 36.5 Å². The van der Waals surface area contributed by atoms with Crippen LogP contribution in [0.2, 0.25) is 0 Å². The van der Waals surface area contributed by atoms with E-state index >= 15 is 0 Å². The second-order valence-electron chi connectivity index (χ2n) is 3.94. The fourth-order valence-electron chi connectivity index (χ4n) is 1.63. The SMILES string of the molecule is NC(=S)NNN(C(=O)c1ccccc1)c1ccccc1. The minimum absolute atomic E-state index is 0.0480. The molecule has 0 aliphatic carbocycles. The number of nitrogens with one attached hydrogen (secondary N) is 2. The van der Waals surface area contributed by atoms with E-state index in [1.54, 1.807) is 36.4 Å². The van der Waals surface area contributed by atoms with Crippen LogP contribution in [0, 0.1) is 0 Å². The Morgan fingerprint density at radius 2 is 1.55 bits per heavy atom. The van der Waals surface area contributed by atoms with E-state index in [1.165, 1.54) is 5.01 Å². The molecular weight excluding hydrogens is 272 g/mol. The maximum atomic E-state index is 12.5. The summed E-state index contributed by atoms with van der Waals surface area (Å²) in [5.74, 6) is -0.222. The minimum Gasteiger partial charge on any atom is -0.375 e. The van der Waals surface area contributed by atoms with Crippen LogP contribution in [0.4, 0.5) is 5.69 Å². The van der Waals surface area contributed by atoms with Crippen LogP contribution in [0.25, 0.3) is 0 Å². The highest BCUT2D eigenvalue weighted by Crippen LogP contribution is 2.14. The molecule has 2 rings (SSSR count). The number of hydrazine groups is 2. The number of carbonyl (C=O) groups excluding carboxylic acids is 1. The zero-order valence-electron chi connectivity index (χ0n) is 10.6. The van der Waals surface area contributed by atoms with Crippen LogP contribution < -0.4 is 21.7 Å². The van der Waals surface area contributed by atoms with E-state index < -0.39 is 0 Å². The van der Waals surface area contributed by atoms with Crippen molar-refractivity contribution >= 4 is 28.9 Å². The normalized spacial score (nSPS) is 9.80. The molecule has 0 atom stereocenters. The van der Waals surface area contributed by atoms with Gasteiger partial charge < -0.3 is 5.73 Å². The molecule has 2 aromatic carbocycles. The van der Waals surface area contributed by atoms with Crippen molar-refractivity contribution in [3.05, 3.63) is 66.2 Å². The zero-order valence-corrected chi connectivity index (χ0v) is 11.4. The molecule has 6 heteroatoms. The van der Waals surface area contributed by atoms with Gasteiger partial charge in [0.25, 0.3) is 5.91 Å². The van der Waals surface area contributed by atoms with E-state index in [4.69, 9.17) is 18.0 Å². The predicted molar refractivity (Wildman–Crippen MR) is 82.8 cm³/mol. The molecular formula is C14H14N4OS. The van der Waals surface area contributed by atoms with Crippen molar-refractivity contribution in [1.82, 2.24) is 11.0 Å². The van der Waals surface area contributed by atoms with E-state index in [-0.39, 0.29) is 11.0 Å². The molecule has 0 aromatic heterocycles. The molecule has 0 saturated carbocycles.